The molecule has 1 aliphatic heterocycles. The van der Waals surface area contributed by atoms with Gasteiger partial charge in [0.15, 0.2) is 0 Å². The van der Waals surface area contributed by atoms with E-state index in [1.165, 1.54) is 11.1 Å². The average Bonchev–Trinajstić information content (AvgIpc) is 3.14. The maximum absolute atomic E-state index is 6.11. The van der Waals surface area contributed by atoms with E-state index in [1.54, 1.807) is 18.6 Å². The van der Waals surface area contributed by atoms with E-state index in [1.807, 2.05) is 12.3 Å². The van der Waals surface area contributed by atoms with Gasteiger partial charge < -0.3 is 15.4 Å². The van der Waals surface area contributed by atoms with Crippen molar-refractivity contribution in [2.24, 2.45) is 0 Å². The summed E-state index contributed by atoms with van der Waals surface area (Å²) in [5.41, 5.74) is 5.11. The fraction of sp³-hybridized carbons (Fsp3) is 0.316. The molecule has 2 N–H and O–H groups in total. The SMILES string of the molecule is Cc1cc2nccnc2cc1CNc1cnccc1O[C@@H]1CCNC1. The third-order valence-corrected chi connectivity index (χ3v) is 4.49. The molecular weight excluding hydrogens is 314 g/mol. The zero-order valence-electron chi connectivity index (χ0n) is 14.2. The molecule has 3 heterocycles. The summed E-state index contributed by atoms with van der Waals surface area (Å²) >= 11 is 0. The maximum Gasteiger partial charge on any atom is 0.146 e. The summed E-state index contributed by atoms with van der Waals surface area (Å²) in [4.78, 5) is 13.0. The lowest BCUT2D eigenvalue weighted by atomic mass is 10.1. The molecule has 2 aromatic heterocycles. The quantitative estimate of drug-likeness (QED) is 0.747. The Hall–Kier alpha value is -2.73. The molecule has 1 fully saturated rings. The Morgan fingerprint density at radius 1 is 1.20 bits per heavy atom. The molecule has 6 heteroatoms. The van der Waals surface area contributed by atoms with Crippen LogP contribution in [0.3, 0.4) is 0 Å². The number of hydrogen-bond acceptors (Lipinski definition) is 6. The fourth-order valence-corrected chi connectivity index (χ4v) is 3.07. The number of nitrogens with one attached hydrogen (secondary N) is 2. The number of aryl methyl sites for hydroxylation is 1. The van der Waals surface area contributed by atoms with Gasteiger partial charge in [0.2, 0.25) is 0 Å². The van der Waals surface area contributed by atoms with Gasteiger partial charge in [-0.05, 0) is 43.1 Å². The Kier molecular flexibility index (Phi) is 4.43. The highest BCUT2D eigenvalue weighted by atomic mass is 16.5. The fourth-order valence-electron chi connectivity index (χ4n) is 3.07. The highest BCUT2D eigenvalue weighted by Gasteiger charge is 2.17. The Morgan fingerprint density at radius 3 is 2.84 bits per heavy atom. The normalized spacial score (nSPS) is 16.9. The second-order valence-corrected chi connectivity index (χ2v) is 6.28. The second-order valence-electron chi connectivity index (χ2n) is 6.28. The van der Waals surface area contributed by atoms with Crippen LogP contribution in [-0.4, -0.2) is 34.1 Å². The number of benzene rings is 1. The number of hydrogen-bond donors (Lipinski definition) is 2. The Morgan fingerprint density at radius 2 is 2.04 bits per heavy atom. The lowest BCUT2D eigenvalue weighted by Crippen LogP contribution is -2.20. The van der Waals surface area contributed by atoms with E-state index < -0.39 is 0 Å². The molecule has 4 rings (SSSR count). The molecule has 0 radical (unpaired) electrons. The van der Waals surface area contributed by atoms with Gasteiger partial charge in [-0.3, -0.25) is 15.0 Å². The first-order valence-electron chi connectivity index (χ1n) is 8.55. The number of ether oxygens (including phenoxy) is 1. The number of rotatable bonds is 5. The van der Waals surface area contributed by atoms with Crippen molar-refractivity contribution >= 4 is 16.7 Å². The summed E-state index contributed by atoms with van der Waals surface area (Å²) in [6.45, 7) is 4.68. The predicted octanol–water partition coefficient (Wildman–Crippen LogP) is 2.69. The van der Waals surface area contributed by atoms with Crippen LogP contribution in [0.1, 0.15) is 17.5 Å². The number of aromatic nitrogens is 3. The van der Waals surface area contributed by atoms with E-state index in [-0.39, 0.29) is 6.10 Å². The minimum Gasteiger partial charge on any atom is -0.487 e. The van der Waals surface area contributed by atoms with Crippen molar-refractivity contribution in [3.05, 3.63) is 54.1 Å². The van der Waals surface area contributed by atoms with E-state index in [0.717, 1.165) is 42.0 Å². The topological polar surface area (TPSA) is 72.0 Å². The van der Waals surface area contributed by atoms with Crippen LogP contribution in [0.5, 0.6) is 5.75 Å². The Bertz CT molecular complexity index is 877. The molecule has 25 heavy (non-hydrogen) atoms. The molecule has 1 aliphatic rings. The molecule has 0 bridgehead atoms. The highest BCUT2D eigenvalue weighted by molar-refractivity contribution is 5.76. The summed E-state index contributed by atoms with van der Waals surface area (Å²) in [5.74, 6) is 0.849. The van der Waals surface area contributed by atoms with Crippen molar-refractivity contribution in [1.82, 2.24) is 20.3 Å². The average molecular weight is 335 g/mol. The van der Waals surface area contributed by atoms with E-state index in [2.05, 4.69) is 44.6 Å². The van der Waals surface area contributed by atoms with Crippen molar-refractivity contribution in [3.63, 3.8) is 0 Å². The van der Waals surface area contributed by atoms with E-state index in [9.17, 15) is 0 Å². The van der Waals surface area contributed by atoms with Crippen molar-refractivity contribution in [2.75, 3.05) is 18.4 Å². The smallest absolute Gasteiger partial charge is 0.146 e. The van der Waals surface area contributed by atoms with Crippen LogP contribution in [0.4, 0.5) is 5.69 Å². The van der Waals surface area contributed by atoms with E-state index in [4.69, 9.17) is 4.74 Å². The zero-order valence-corrected chi connectivity index (χ0v) is 14.2. The molecule has 0 aliphatic carbocycles. The number of nitrogens with zero attached hydrogens (tertiary/aromatic N) is 3. The van der Waals surface area contributed by atoms with Crippen LogP contribution < -0.4 is 15.4 Å². The molecule has 3 aromatic rings. The van der Waals surface area contributed by atoms with E-state index in [0.29, 0.717) is 6.54 Å². The van der Waals surface area contributed by atoms with Gasteiger partial charge in [-0.1, -0.05) is 0 Å². The van der Waals surface area contributed by atoms with Gasteiger partial charge >= 0.3 is 0 Å². The van der Waals surface area contributed by atoms with Crippen molar-refractivity contribution in [2.45, 2.75) is 26.0 Å². The van der Waals surface area contributed by atoms with Crippen LogP contribution in [-0.2, 0) is 6.54 Å². The molecule has 1 aromatic carbocycles. The Labute approximate surface area is 146 Å². The molecule has 0 amide bonds. The minimum absolute atomic E-state index is 0.223. The number of anilines is 1. The summed E-state index contributed by atoms with van der Waals surface area (Å²) in [6, 6.07) is 6.08. The van der Waals surface area contributed by atoms with Gasteiger partial charge in [0.25, 0.3) is 0 Å². The zero-order chi connectivity index (χ0) is 17.1. The standard InChI is InChI=1S/C19H21N5O/c1-13-8-16-17(23-7-6-22-16)9-14(13)10-24-18-12-21-5-3-19(18)25-15-2-4-20-11-15/h3,5-9,12,15,20,24H,2,4,10-11H2,1H3/t15-/m1/s1. The molecule has 1 saturated heterocycles. The van der Waals surface area contributed by atoms with Crippen LogP contribution in [0.15, 0.2) is 43.0 Å². The van der Waals surface area contributed by atoms with Crippen LogP contribution in [0.2, 0.25) is 0 Å². The van der Waals surface area contributed by atoms with Crippen LogP contribution in [0.25, 0.3) is 11.0 Å². The lowest BCUT2D eigenvalue weighted by molar-refractivity contribution is 0.224. The molecule has 6 nitrogen and oxygen atoms in total. The molecular formula is C19H21N5O. The predicted molar refractivity (Wildman–Crippen MR) is 97.7 cm³/mol. The largest absolute Gasteiger partial charge is 0.487 e. The molecule has 0 spiro atoms. The molecule has 1 atom stereocenters. The van der Waals surface area contributed by atoms with Gasteiger partial charge in [0.05, 0.1) is 22.9 Å². The van der Waals surface area contributed by atoms with Gasteiger partial charge in [0.1, 0.15) is 11.9 Å². The van der Waals surface area contributed by atoms with Gasteiger partial charge in [-0.2, -0.15) is 0 Å². The van der Waals surface area contributed by atoms with Crippen molar-refractivity contribution in [3.8, 4) is 5.75 Å². The van der Waals surface area contributed by atoms with Gasteiger partial charge in [0, 0.05) is 37.7 Å². The van der Waals surface area contributed by atoms with Gasteiger partial charge in [-0.25, -0.2) is 0 Å². The summed E-state index contributed by atoms with van der Waals surface area (Å²) in [5, 5.41) is 6.77. The third kappa shape index (κ3) is 3.53. The van der Waals surface area contributed by atoms with E-state index >= 15 is 0 Å². The monoisotopic (exact) mass is 335 g/mol. The number of fused-ring (bicyclic) bond motifs is 1. The molecule has 128 valence electrons. The Balaban J connectivity index is 1.52. The van der Waals surface area contributed by atoms with Crippen molar-refractivity contribution < 1.29 is 4.74 Å². The summed E-state index contributed by atoms with van der Waals surface area (Å²) in [7, 11) is 0. The first-order valence-corrected chi connectivity index (χ1v) is 8.55. The first kappa shape index (κ1) is 15.8. The molecule has 0 saturated carbocycles. The number of pyridine rings is 1. The molecule has 0 unspecified atom stereocenters. The highest BCUT2D eigenvalue weighted by Crippen LogP contribution is 2.26. The third-order valence-electron chi connectivity index (χ3n) is 4.49. The second kappa shape index (κ2) is 7.03. The summed E-state index contributed by atoms with van der Waals surface area (Å²) in [6.07, 6.45) is 8.27. The van der Waals surface area contributed by atoms with Crippen molar-refractivity contribution in [1.29, 1.82) is 0 Å². The minimum atomic E-state index is 0.223. The van der Waals surface area contributed by atoms with Gasteiger partial charge in [-0.15, -0.1) is 0 Å². The lowest BCUT2D eigenvalue weighted by Gasteiger charge is -2.17. The van der Waals surface area contributed by atoms with Crippen LogP contribution in [0, 0.1) is 6.92 Å². The summed E-state index contributed by atoms with van der Waals surface area (Å²) < 4.78 is 6.11. The van der Waals surface area contributed by atoms with Crippen LogP contribution >= 0.6 is 0 Å². The maximum atomic E-state index is 6.11. The first-order chi connectivity index (χ1) is 12.3.